The predicted octanol–water partition coefficient (Wildman–Crippen LogP) is 2.39. The zero-order chi connectivity index (χ0) is 22.1. The van der Waals surface area contributed by atoms with Crippen LogP contribution >= 0.6 is 0 Å². The maximum absolute atomic E-state index is 14.2. The van der Waals surface area contributed by atoms with Crippen LogP contribution in [0.5, 0.6) is 5.75 Å². The first-order valence-corrected chi connectivity index (χ1v) is 10.6. The normalized spacial score (nSPS) is 16.9. The Morgan fingerprint density at radius 2 is 2.09 bits per heavy atom. The second kappa shape index (κ2) is 8.54. The molecule has 0 unspecified atom stereocenters. The third-order valence-corrected chi connectivity index (χ3v) is 5.72. The minimum Gasteiger partial charge on any atom is -0.484 e. The lowest BCUT2D eigenvalue weighted by Crippen LogP contribution is -2.35. The second-order valence-corrected chi connectivity index (χ2v) is 8.02. The molecular weight excluding hydrogens is 417 g/mol. The van der Waals surface area contributed by atoms with Crippen molar-refractivity contribution in [3.8, 4) is 5.75 Å². The molecule has 0 bridgehead atoms. The fraction of sp³-hybridized carbons (Fsp3) is 0.450. The van der Waals surface area contributed by atoms with Gasteiger partial charge in [0.15, 0.2) is 17.4 Å². The molecular formula is C20H24FN9O2. The van der Waals surface area contributed by atoms with E-state index in [1.807, 2.05) is 0 Å². The molecule has 32 heavy (non-hydrogen) atoms. The summed E-state index contributed by atoms with van der Waals surface area (Å²) in [6.45, 7) is 1.67. The largest absolute Gasteiger partial charge is 0.484 e. The highest BCUT2D eigenvalue weighted by atomic mass is 19.1. The van der Waals surface area contributed by atoms with Crippen molar-refractivity contribution in [1.82, 2.24) is 25.1 Å². The van der Waals surface area contributed by atoms with Crippen molar-refractivity contribution in [3.05, 3.63) is 41.7 Å². The highest BCUT2D eigenvalue weighted by Crippen LogP contribution is 2.39. The summed E-state index contributed by atoms with van der Waals surface area (Å²) in [4.78, 5) is 8.33. The van der Waals surface area contributed by atoms with Gasteiger partial charge in [0.2, 0.25) is 0 Å². The average molecular weight is 441 g/mol. The molecule has 1 aromatic carbocycles. The van der Waals surface area contributed by atoms with Crippen molar-refractivity contribution in [2.24, 2.45) is 5.84 Å². The van der Waals surface area contributed by atoms with Gasteiger partial charge >= 0.3 is 6.01 Å². The van der Waals surface area contributed by atoms with Crippen LogP contribution in [0.1, 0.15) is 49.2 Å². The lowest BCUT2D eigenvalue weighted by Gasteiger charge is -2.29. The first-order chi connectivity index (χ1) is 15.6. The van der Waals surface area contributed by atoms with Crippen LogP contribution in [0.3, 0.4) is 0 Å². The van der Waals surface area contributed by atoms with Crippen molar-refractivity contribution in [2.45, 2.75) is 44.2 Å². The van der Waals surface area contributed by atoms with Gasteiger partial charge in [0.25, 0.3) is 0 Å². The molecule has 1 aliphatic carbocycles. The van der Waals surface area contributed by atoms with Crippen molar-refractivity contribution >= 4 is 18.0 Å². The van der Waals surface area contributed by atoms with Gasteiger partial charge in [-0.1, -0.05) is 5.16 Å². The number of halogens is 1. The van der Waals surface area contributed by atoms with E-state index in [1.54, 1.807) is 17.1 Å². The topological polar surface area (TPSA) is 135 Å². The van der Waals surface area contributed by atoms with Gasteiger partial charge < -0.3 is 14.2 Å². The molecule has 2 fully saturated rings. The quantitative estimate of drug-likeness (QED) is 0.234. The van der Waals surface area contributed by atoms with E-state index in [9.17, 15) is 4.39 Å². The molecule has 0 spiro atoms. The van der Waals surface area contributed by atoms with Gasteiger partial charge in [0.1, 0.15) is 18.6 Å². The first-order valence-electron chi connectivity index (χ1n) is 10.6. The summed E-state index contributed by atoms with van der Waals surface area (Å²) in [7, 11) is 0. The Morgan fingerprint density at radius 3 is 2.81 bits per heavy atom. The Balaban J connectivity index is 1.14. The third-order valence-electron chi connectivity index (χ3n) is 5.72. The number of ether oxygens (including phenoxy) is 1. The summed E-state index contributed by atoms with van der Waals surface area (Å²) in [5.41, 5.74) is 0.966. The second-order valence-electron chi connectivity index (χ2n) is 8.02. The standard InChI is InChI=1S/C20H24FN9O2/c21-17-9-16(29(23)12-22)3-4-18(17)31-11-14-10-24-30(26-14)15-5-7-28(8-6-15)20-25-19(27-32-20)13-1-2-13/h3-4,9-10,12-13,15,22H,1-2,5-8,11,23H2. The highest BCUT2D eigenvalue weighted by molar-refractivity contribution is 5.75. The van der Waals surface area contributed by atoms with Crippen LogP contribution < -0.4 is 20.5 Å². The van der Waals surface area contributed by atoms with Crippen molar-refractivity contribution < 1.29 is 13.7 Å². The van der Waals surface area contributed by atoms with E-state index in [2.05, 4.69) is 25.2 Å². The number of piperidine rings is 1. The van der Waals surface area contributed by atoms with Gasteiger partial charge in [-0.05, 0) is 37.8 Å². The fourth-order valence-corrected chi connectivity index (χ4v) is 3.70. The molecule has 5 rings (SSSR count). The molecule has 12 heteroatoms. The summed E-state index contributed by atoms with van der Waals surface area (Å²) in [6.07, 6.45) is 6.53. The van der Waals surface area contributed by atoms with Crippen LogP contribution in [0.2, 0.25) is 0 Å². The van der Waals surface area contributed by atoms with Crippen molar-refractivity contribution in [2.75, 3.05) is 23.0 Å². The molecule has 3 heterocycles. The molecule has 2 aromatic heterocycles. The predicted molar refractivity (Wildman–Crippen MR) is 113 cm³/mol. The smallest absolute Gasteiger partial charge is 0.324 e. The van der Waals surface area contributed by atoms with Gasteiger partial charge in [0.05, 0.1) is 17.9 Å². The van der Waals surface area contributed by atoms with E-state index in [0.29, 0.717) is 23.3 Å². The SMILES string of the molecule is N=CN(N)c1ccc(OCc2cnn(C3CCN(c4nc(C5CC5)no4)CC3)n2)c(F)c1. The summed E-state index contributed by atoms with van der Waals surface area (Å²) < 4.78 is 25.2. The summed E-state index contributed by atoms with van der Waals surface area (Å²) in [5, 5.41) is 21.1. The van der Waals surface area contributed by atoms with Gasteiger partial charge in [-0.25, -0.2) is 10.2 Å². The fourth-order valence-electron chi connectivity index (χ4n) is 3.70. The first kappa shape index (κ1) is 20.4. The molecule has 3 aromatic rings. The van der Waals surface area contributed by atoms with E-state index in [1.165, 1.54) is 12.1 Å². The minimum absolute atomic E-state index is 0.0834. The number of nitrogens with one attached hydrogen (secondary N) is 1. The van der Waals surface area contributed by atoms with E-state index in [-0.39, 0.29) is 18.4 Å². The summed E-state index contributed by atoms with van der Waals surface area (Å²) in [5.74, 6) is 6.37. The highest BCUT2D eigenvalue weighted by Gasteiger charge is 2.31. The Morgan fingerprint density at radius 1 is 1.28 bits per heavy atom. The number of anilines is 2. The van der Waals surface area contributed by atoms with Gasteiger partial charge in [-0.3, -0.25) is 10.4 Å². The number of hydrazine groups is 1. The number of hydrogen-bond donors (Lipinski definition) is 2. The zero-order valence-electron chi connectivity index (χ0n) is 17.4. The number of aromatic nitrogens is 5. The number of rotatable bonds is 8. The lowest BCUT2D eigenvalue weighted by molar-refractivity contribution is 0.278. The van der Waals surface area contributed by atoms with Gasteiger partial charge in [0, 0.05) is 25.1 Å². The molecule has 2 aliphatic rings. The average Bonchev–Trinajstić information content (AvgIpc) is 3.36. The number of nitrogens with two attached hydrogens (primary N) is 1. The van der Waals surface area contributed by atoms with Crippen LogP contribution in [0.25, 0.3) is 0 Å². The minimum atomic E-state index is -0.564. The Hall–Kier alpha value is -3.54. The molecule has 0 atom stereocenters. The van der Waals surface area contributed by atoms with Crippen molar-refractivity contribution in [1.29, 1.82) is 5.41 Å². The molecule has 11 nitrogen and oxygen atoms in total. The maximum atomic E-state index is 14.2. The lowest BCUT2D eigenvalue weighted by atomic mass is 10.1. The molecule has 168 valence electrons. The van der Waals surface area contributed by atoms with E-state index >= 15 is 0 Å². The van der Waals surface area contributed by atoms with E-state index < -0.39 is 5.82 Å². The summed E-state index contributed by atoms with van der Waals surface area (Å²) >= 11 is 0. The third kappa shape index (κ3) is 4.26. The van der Waals surface area contributed by atoms with E-state index in [4.69, 9.17) is 20.5 Å². The molecule has 0 radical (unpaired) electrons. The van der Waals surface area contributed by atoms with Gasteiger partial charge in [-0.15, -0.1) is 0 Å². The van der Waals surface area contributed by atoms with Gasteiger partial charge in [-0.2, -0.15) is 20.0 Å². The number of hydrogen-bond acceptors (Lipinski definition) is 9. The molecule has 1 saturated carbocycles. The van der Waals surface area contributed by atoms with Crippen molar-refractivity contribution in [3.63, 3.8) is 0 Å². The Kier molecular flexibility index (Phi) is 5.43. The molecule has 1 saturated heterocycles. The van der Waals surface area contributed by atoms with E-state index in [0.717, 1.165) is 55.9 Å². The van der Waals surface area contributed by atoms with Crippen LogP contribution in [0.4, 0.5) is 16.1 Å². The molecule has 0 amide bonds. The number of nitrogens with zero attached hydrogens (tertiary/aromatic N) is 7. The maximum Gasteiger partial charge on any atom is 0.324 e. The molecule has 3 N–H and O–H groups in total. The zero-order valence-corrected chi connectivity index (χ0v) is 17.4. The van der Waals surface area contributed by atoms with Crippen LogP contribution in [-0.4, -0.2) is 44.6 Å². The Labute approximate surface area is 183 Å². The van der Waals surface area contributed by atoms with Crippen LogP contribution in [0, 0.1) is 11.2 Å². The monoisotopic (exact) mass is 441 g/mol. The van der Waals surface area contributed by atoms with Crippen LogP contribution in [0.15, 0.2) is 28.9 Å². The molecule has 1 aliphatic heterocycles. The van der Waals surface area contributed by atoms with Crippen LogP contribution in [-0.2, 0) is 6.61 Å². The number of benzene rings is 1. The Bertz CT molecular complexity index is 1090. The summed E-state index contributed by atoms with van der Waals surface area (Å²) in [6, 6.07) is 5.02.